The third-order valence-corrected chi connectivity index (χ3v) is 4.23. The van der Waals surface area contributed by atoms with Crippen LogP contribution in [0.1, 0.15) is 42.0 Å². The minimum absolute atomic E-state index is 0.253. The molecule has 0 aliphatic heterocycles. The molecule has 0 saturated carbocycles. The van der Waals surface area contributed by atoms with Crippen LogP contribution in [0.5, 0.6) is 5.75 Å². The van der Waals surface area contributed by atoms with Gasteiger partial charge in [-0.25, -0.2) is 4.98 Å². The highest BCUT2D eigenvalue weighted by Crippen LogP contribution is 2.45. The number of hydrogen-bond donors (Lipinski definition) is 2. The summed E-state index contributed by atoms with van der Waals surface area (Å²) in [6, 6.07) is 4.08. The van der Waals surface area contributed by atoms with Crippen molar-refractivity contribution in [2.45, 2.75) is 38.8 Å². The summed E-state index contributed by atoms with van der Waals surface area (Å²) in [5, 5.41) is 13.7. The first-order valence-corrected chi connectivity index (χ1v) is 7.18. The molecular weight excluding hydrogens is 250 g/mol. The second-order valence-electron chi connectivity index (χ2n) is 5.67. The van der Waals surface area contributed by atoms with Gasteiger partial charge in [0.05, 0.1) is 6.33 Å². The van der Waals surface area contributed by atoms with Gasteiger partial charge < -0.3 is 15.0 Å². The number of phenols is 1. The first kappa shape index (κ1) is 13.2. The molecular formula is C16H21N3O. The maximum atomic E-state index is 10.2. The molecule has 0 saturated heterocycles. The normalized spacial score (nSPS) is 21.1. The summed E-state index contributed by atoms with van der Waals surface area (Å²) in [6.07, 6.45) is 6.64. The molecule has 2 atom stereocenters. The minimum atomic E-state index is 0.253. The minimum Gasteiger partial charge on any atom is -0.508 e. The number of rotatable bonds is 4. The molecule has 1 aromatic heterocycles. The van der Waals surface area contributed by atoms with Gasteiger partial charge >= 0.3 is 0 Å². The van der Waals surface area contributed by atoms with Gasteiger partial charge in [0.2, 0.25) is 0 Å². The van der Waals surface area contributed by atoms with Crippen LogP contribution < -0.4 is 5.32 Å². The lowest BCUT2D eigenvalue weighted by atomic mass is 9.97. The lowest BCUT2D eigenvalue weighted by molar-refractivity contribution is 0.440. The molecule has 0 radical (unpaired) electrons. The molecule has 1 heterocycles. The van der Waals surface area contributed by atoms with Crippen molar-refractivity contribution in [3.8, 4) is 5.75 Å². The average Bonchev–Trinajstić information content (AvgIpc) is 3.03. The zero-order valence-electron chi connectivity index (χ0n) is 12.0. The van der Waals surface area contributed by atoms with Crippen molar-refractivity contribution in [2.24, 2.45) is 0 Å². The predicted octanol–water partition coefficient (Wildman–Crippen LogP) is 2.74. The van der Waals surface area contributed by atoms with Gasteiger partial charge in [-0.3, -0.25) is 0 Å². The molecule has 0 amide bonds. The summed E-state index contributed by atoms with van der Waals surface area (Å²) in [4.78, 5) is 4.04. The molecule has 4 heteroatoms. The third-order valence-electron chi connectivity index (χ3n) is 4.23. The van der Waals surface area contributed by atoms with Gasteiger partial charge in [0.15, 0.2) is 0 Å². The van der Waals surface area contributed by atoms with Crippen molar-refractivity contribution < 1.29 is 5.11 Å². The predicted molar refractivity (Wildman–Crippen MR) is 78.8 cm³/mol. The van der Waals surface area contributed by atoms with E-state index in [4.69, 9.17) is 0 Å². The molecule has 4 nitrogen and oxygen atoms in total. The van der Waals surface area contributed by atoms with Gasteiger partial charge in [0.1, 0.15) is 5.75 Å². The zero-order chi connectivity index (χ0) is 14.1. The molecule has 20 heavy (non-hydrogen) atoms. The molecule has 2 aromatic rings. The van der Waals surface area contributed by atoms with Crippen molar-refractivity contribution in [1.29, 1.82) is 0 Å². The molecule has 1 aromatic carbocycles. The largest absolute Gasteiger partial charge is 0.508 e. The van der Waals surface area contributed by atoms with Gasteiger partial charge in [0.25, 0.3) is 0 Å². The number of aryl methyl sites for hydroxylation is 1. The van der Waals surface area contributed by atoms with Crippen LogP contribution in [-0.4, -0.2) is 21.2 Å². The maximum absolute atomic E-state index is 10.2. The van der Waals surface area contributed by atoms with Crippen molar-refractivity contribution in [2.75, 3.05) is 6.54 Å². The Labute approximate surface area is 119 Å². The van der Waals surface area contributed by atoms with Crippen molar-refractivity contribution in [3.63, 3.8) is 0 Å². The van der Waals surface area contributed by atoms with Crippen LogP contribution in [0.25, 0.3) is 0 Å². The Morgan fingerprint density at radius 1 is 1.40 bits per heavy atom. The zero-order valence-corrected chi connectivity index (χ0v) is 12.0. The molecule has 3 rings (SSSR count). The molecule has 2 N–H and O–H groups in total. The fraction of sp³-hybridized carbons (Fsp3) is 0.438. The van der Waals surface area contributed by atoms with E-state index < -0.39 is 0 Å². The standard InChI is InChI=1S/C16H21N3O/c1-11-3-4-14(20)16-13(9-12(2)15(11)16)18-6-8-19-7-5-17-10-19/h3-5,7,10,12-13,18,20H,6,8-9H2,1-2H3. The monoisotopic (exact) mass is 271 g/mol. The fourth-order valence-corrected chi connectivity index (χ4v) is 3.32. The van der Waals surface area contributed by atoms with Gasteiger partial charge in [-0.1, -0.05) is 13.0 Å². The van der Waals surface area contributed by atoms with Crippen LogP contribution in [-0.2, 0) is 6.54 Å². The Morgan fingerprint density at radius 3 is 3.00 bits per heavy atom. The number of aromatic hydroxyl groups is 1. The fourth-order valence-electron chi connectivity index (χ4n) is 3.32. The molecule has 0 bridgehead atoms. The number of hydrogen-bond acceptors (Lipinski definition) is 3. The van der Waals surface area contributed by atoms with Crippen LogP contribution in [0.3, 0.4) is 0 Å². The molecule has 2 unspecified atom stereocenters. The highest BCUT2D eigenvalue weighted by Gasteiger charge is 2.31. The molecule has 0 spiro atoms. The highest BCUT2D eigenvalue weighted by atomic mass is 16.3. The Bertz CT molecular complexity index is 592. The van der Waals surface area contributed by atoms with Crippen LogP contribution in [0, 0.1) is 6.92 Å². The second-order valence-corrected chi connectivity index (χ2v) is 5.67. The summed E-state index contributed by atoms with van der Waals surface area (Å²) in [5.41, 5.74) is 3.71. The molecule has 0 fully saturated rings. The van der Waals surface area contributed by atoms with E-state index in [1.807, 2.05) is 24.7 Å². The van der Waals surface area contributed by atoms with Crippen LogP contribution in [0.15, 0.2) is 30.9 Å². The summed E-state index contributed by atoms with van der Waals surface area (Å²) in [5.74, 6) is 0.929. The quantitative estimate of drug-likeness (QED) is 0.899. The molecule has 1 aliphatic rings. The number of nitrogens with one attached hydrogen (secondary N) is 1. The Morgan fingerprint density at radius 2 is 2.25 bits per heavy atom. The first-order valence-electron chi connectivity index (χ1n) is 7.18. The SMILES string of the molecule is Cc1ccc(O)c2c1C(C)CC2NCCn1ccnc1. The summed E-state index contributed by atoms with van der Waals surface area (Å²) in [6.45, 7) is 6.14. The van der Waals surface area contributed by atoms with E-state index in [-0.39, 0.29) is 6.04 Å². The Hall–Kier alpha value is -1.81. The number of benzene rings is 1. The number of fused-ring (bicyclic) bond motifs is 1. The third kappa shape index (κ3) is 2.31. The number of phenolic OH excluding ortho intramolecular Hbond substituents is 1. The van der Waals surface area contributed by atoms with Gasteiger partial charge in [-0.15, -0.1) is 0 Å². The van der Waals surface area contributed by atoms with Gasteiger partial charge in [0, 0.05) is 37.1 Å². The van der Waals surface area contributed by atoms with Gasteiger partial charge in [-0.05, 0) is 36.5 Å². The van der Waals surface area contributed by atoms with E-state index in [2.05, 4.69) is 28.7 Å². The van der Waals surface area contributed by atoms with Crippen LogP contribution >= 0.6 is 0 Å². The topological polar surface area (TPSA) is 50.1 Å². The number of nitrogens with zero attached hydrogens (tertiary/aromatic N) is 2. The number of imidazole rings is 1. The van der Waals surface area contributed by atoms with Crippen molar-refractivity contribution >= 4 is 0 Å². The van der Waals surface area contributed by atoms with E-state index in [1.54, 1.807) is 6.20 Å². The van der Waals surface area contributed by atoms with E-state index in [0.717, 1.165) is 25.1 Å². The first-order chi connectivity index (χ1) is 9.66. The average molecular weight is 271 g/mol. The van der Waals surface area contributed by atoms with Crippen molar-refractivity contribution in [3.05, 3.63) is 47.5 Å². The lowest BCUT2D eigenvalue weighted by Crippen LogP contribution is -2.23. The smallest absolute Gasteiger partial charge is 0.120 e. The highest BCUT2D eigenvalue weighted by molar-refractivity contribution is 5.50. The number of aromatic nitrogens is 2. The second kappa shape index (κ2) is 5.29. The van der Waals surface area contributed by atoms with Crippen LogP contribution in [0.2, 0.25) is 0 Å². The summed E-state index contributed by atoms with van der Waals surface area (Å²) >= 11 is 0. The molecule has 1 aliphatic carbocycles. The van der Waals surface area contributed by atoms with E-state index in [1.165, 1.54) is 11.1 Å². The summed E-state index contributed by atoms with van der Waals surface area (Å²) in [7, 11) is 0. The maximum Gasteiger partial charge on any atom is 0.120 e. The van der Waals surface area contributed by atoms with E-state index in [0.29, 0.717) is 11.7 Å². The Kier molecular flexibility index (Phi) is 3.49. The lowest BCUT2D eigenvalue weighted by Gasteiger charge is -2.16. The van der Waals surface area contributed by atoms with Crippen LogP contribution in [0.4, 0.5) is 0 Å². The van der Waals surface area contributed by atoms with E-state index in [9.17, 15) is 5.11 Å². The Balaban J connectivity index is 1.73. The summed E-state index contributed by atoms with van der Waals surface area (Å²) < 4.78 is 2.06. The van der Waals surface area contributed by atoms with Gasteiger partial charge in [-0.2, -0.15) is 0 Å². The van der Waals surface area contributed by atoms with E-state index >= 15 is 0 Å². The molecule has 106 valence electrons. The van der Waals surface area contributed by atoms with Crippen molar-refractivity contribution in [1.82, 2.24) is 14.9 Å².